The Morgan fingerprint density at radius 2 is 2.41 bits per heavy atom. The molecule has 0 aromatic carbocycles. The lowest BCUT2D eigenvalue weighted by atomic mass is 9.92. The van der Waals surface area contributed by atoms with Gasteiger partial charge in [-0.2, -0.15) is 0 Å². The standard InChI is InChI=1S/C17H21N3O2/c1-2-15-10-16(22-19-15)17(21)20-8-4-6-14(12-20)9-13-5-3-7-18-11-13/h3,5,7,10-11,14H,2,4,6,8-9,12H2,1H3/t14-/m0/s1. The number of aryl methyl sites for hydroxylation is 1. The van der Waals surface area contributed by atoms with Crippen molar-refractivity contribution in [3.8, 4) is 0 Å². The minimum absolute atomic E-state index is 0.0388. The van der Waals surface area contributed by atoms with E-state index in [1.165, 1.54) is 5.56 Å². The number of piperidine rings is 1. The second-order valence-corrected chi connectivity index (χ2v) is 5.86. The van der Waals surface area contributed by atoms with Crippen LogP contribution in [0.4, 0.5) is 0 Å². The smallest absolute Gasteiger partial charge is 0.292 e. The van der Waals surface area contributed by atoms with Gasteiger partial charge in [0.05, 0.1) is 5.69 Å². The summed E-state index contributed by atoms with van der Waals surface area (Å²) in [6, 6.07) is 5.81. The third-order valence-corrected chi connectivity index (χ3v) is 4.19. The quantitative estimate of drug-likeness (QED) is 0.871. The second kappa shape index (κ2) is 6.73. The summed E-state index contributed by atoms with van der Waals surface area (Å²) >= 11 is 0. The van der Waals surface area contributed by atoms with Crippen molar-refractivity contribution >= 4 is 5.91 Å². The molecule has 22 heavy (non-hydrogen) atoms. The molecule has 1 aliphatic heterocycles. The van der Waals surface area contributed by atoms with E-state index in [0.717, 1.165) is 44.5 Å². The van der Waals surface area contributed by atoms with Crippen LogP contribution >= 0.6 is 0 Å². The molecule has 2 aromatic heterocycles. The number of amides is 1. The summed E-state index contributed by atoms with van der Waals surface area (Å²) in [5.74, 6) is 0.803. The van der Waals surface area contributed by atoms with Crippen molar-refractivity contribution in [2.24, 2.45) is 5.92 Å². The predicted molar refractivity (Wildman–Crippen MR) is 82.4 cm³/mol. The summed E-state index contributed by atoms with van der Waals surface area (Å²) < 4.78 is 5.17. The summed E-state index contributed by atoms with van der Waals surface area (Å²) in [7, 11) is 0. The zero-order valence-corrected chi connectivity index (χ0v) is 12.9. The molecule has 1 atom stereocenters. The number of nitrogens with zero attached hydrogens (tertiary/aromatic N) is 3. The average molecular weight is 299 g/mol. The van der Waals surface area contributed by atoms with Gasteiger partial charge in [-0.25, -0.2) is 0 Å². The fourth-order valence-electron chi connectivity index (χ4n) is 3.00. The number of rotatable bonds is 4. The zero-order valence-electron chi connectivity index (χ0n) is 12.9. The number of carbonyl (C=O) groups excluding carboxylic acids is 1. The molecule has 0 saturated carbocycles. The molecule has 3 rings (SSSR count). The first-order valence-electron chi connectivity index (χ1n) is 7.90. The van der Waals surface area contributed by atoms with E-state index in [0.29, 0.717) is 11.7 Å². The first-order chi connectivity index (χ1) is 10.8. The topological polar surface area (TPSA) is 59.2 Å². The lowest BCUT2D eigenvalue weighted by Gasteiger charge is -2.32. The van der Waals surface area contributed by atoms with E-state index in [9.17, 15) is 4.79 Å². The molecule has 0 aliphatic carbocycles. The third-order valence-electron chi connectivity index (χ3n) is 4.19. The number of hydrogen-bond donors (Lipinski definition) is 0. The van der Waals surface area contributed by atoms with E-state index in [4.69, 9.17) is 4.52 Å². The molecule has 0 spiro atoms. The molecule has 1 aliphatic rings. The summed E-state index contributed by atoms with van der Waals surface area (Å²) in [6.45, 7) is 3.57. The van der Waals surface area contributed by atoms with Gasteiger partial charge in [-0.05, 0) is 43.2 Å². The van der Waals surface area contributed by atoms with Gasteiger partial charge in [-0.15, -0.1) is 0 Å². The van der Waals surface area contributed by atoms with Gasteiger partial charge >= 0.3 is 0 Å². The predicted octanol–water partition coefficient (Wildman–Crippen LogP) is 2.73. The summed E-state index contributed by atoms with van der Waals surface area (Å²) in [5.41, 5.74) is 2.06. The molecular weight excluding hydrogens is 278 g/mol. The van der Waals surface area contributed by atoms with Crippen LogP contribution in [0.25, 0.3) is 0 Å². The number of likely N-dealkylation sites (tertiary alicyclic amines) is 1. The van der Waals surface area contributed by atoms with Gasteiger partial charge in [-0.3, -0.25) is 9.78 Å². The molecule has 0 bridgehead atoms. The normalized spacial score (nSPS) is 18.4. The Morgan fingerprint density at radius 3 is 3.14 bits per heavy atom. The lowest BCUT2D eigenvalue weighted by Crippen LogP contribution is -2.40. The maximum atomic E-state index is 12.5. The molecule has 3 heterocycles. The Balaban J connectivity index is 1.63. The van der Waals surface area contributed by atoms with Crippen molar-refractivity contribution in [1.82, 2.24) is 15.0 Å². The highest BCUT2D eigenvalue weighted by Crippen LogP contribution is 2.22. The van der Waals surface area contributed by atoms with Crippen LogP contribution in [0.15, 0.2) is 35.1 Å². The van der Waals surface area contributed by atoms with E-state index in [1.54, 1.807) is 12.3 Å². The first kappa shape index (κ1) is 14.8. The van der Waals surface area contributed by atoms with Gasteiger partial charge in [-0.1, -0.05) is 18.1 Å². The van der Waals surface area contributed by atoms with E-state index < -0.39 is 0 Å². The van der Waals surface area contributed by atoms with Crippen LogP contribution in [0.1, 0.15) is 41.6 Å². The molecule has 116 valence electrons. The molecule has 0 N–H and O–H groups in total. The van der Waals surface area contributed by atoms with Gasteiger partial charge in [0.1, 0.15) is 0 Å². The molecule has 0 unspecified atom stereocenters. The van der Waals surface area contributed by atoms with E-state index in [2.05, 4.69) is 16.2 Å². The number of carbonyl (C=O) groups is 1. The third kappa shape index (κ3) is 3.35. The van der Waals surface area contributed by atoms with Crippen LogP contribution in [0.3, 0.4) is 0 Å². The Labute approximate surface area is 130 Å². The van der Waals surface area contributed by atoms with Crippen LogP contribution in [0.2, 0.25) is 0 Å². The Hall–Kier alpha value is -2.17. The number of hydrogen-bond acceptors (Lipinski definition) is 4. The molecule has 5 heteroatoms. The van der Waals surface area contributed by atoms with Crippen LogP contribution < -0.4 is 0 Å². The monoisotopic (exact) mass is 299 g/mol. The van der Waals surface area contributed by atoms with Crippen molar-refractivity contribution < 1.29 is 9.32 Å². The molecule has 1 amide bonds. The molecule has 0 radical (unpaired) electrons. The van der Waals surface area contributed by atoms with E-state index in [1.807, 2.05) is 24.1 Å². The van der Waals surface area contributed by atoms with Gasteiger partial charge in [0, 0.05) is 31.5 Å². The van der Waals surface area contributed by atoms with Crippen molar-refractivity contribution in [2.45, 2.75) is 32.6 Å². The molecular formula is C17H21N3O2. The Bertz CT molecular complexity index is 624. The lowest BCUT2D eigenvalue weighted by molar-refractivity contribution is 0.0631. The number of pyridine rings is 1. The fourth-order valence-corrected chi connectivity index (χ4v) is 3.00. The van der Waals surface area contributed by atoms with Gasteiger partial charge in [0.15, 0.2) is 0 Å². The van der Waals surface area contributed by atoms with Crippen molar-refractivity contribution in [3.63, 3.8) is 0 Å². The highest BCUT2D eigenvalue weighted by Gasteiger charge is 2.26. The maximum absolute atomic E-state index is 12.5. The Kier molecular flexibility index (Phi) is 4.51. The Morgan fingerprint density at radius 1 is 1.50 bits per heavy atom. The van der Waals surface area contributed by atoms with Crippen molar-refractivity contribution in [2.75, 3.05) is 13.1 Å². The summed E-state index contributed by atoms with van der Waals surface area (Å²) in [4.78, 5) is 18.6. The van der Waals surface area contributed by atoms with Crippen LogP contribution in [-0.4, -0.2) is 34.0 Å². The molecule has 2 aromatic rings. The minimum Gasteiger partial charge on any atom is -0.351 e. The highest BCUT2D eigenvalue weighted by molar-refractivity contribution is 5.91. The van der Waals surface area contributed by atoms with E-state index in [-0.39, 0.29) is 5.91 Å². The van der Waals surface area contributed by atoms with Crippen LogP contribution in [0, 0.1) is 5.92 Å². The van der Waals surface area contributed by atoms with E-state index >= 15 is 0 Å². The second-order valence-electron chi connectivity index (χ2n) is 5.86. The average Bonchev–Trinajstić information content (AvgIpc) is 3.04. The summed E-state index contributed by atoms with van der Waals surface area (Å²) in [5, 5.41) is 3.91. The van der Waals surface area contributed by atoms with Crippen molar-refractivity contribution in [1.29, 1.82) is 0 Å². The maximum Gasteiger partial charge on any atom is 0.292 e. The number of aromatic nitrogens is 2. The van der Waals surface area contributed by atoms with Gasteiger partial charge in [0.2, 0.25) is 5.76 Å². The molecule has 5 nitrogen and oxygen atoms in total. The van der Waals surface area contributed by atoms with Crippen molar-refractivity contribution in [3.05, 3.63) is 47.6 Å². The SMILES string of the molecule is CCc1cc(C(=O)N2CCC[C@@H](Cc3cccnc3)C2)on1. The van der Waals surface area contributed by atoms with Crippen LogP contribution in [0.5, 0.6) is 0 Å². The van der Waals surface area contributed by atoms with Gasteiger partial charge < -0.3 is 9.42 Å². The fraction of sp³-hybridized carbons (Fsp3) is 0.471. The highest BCUT2D eigenvalue weighted by atomic mass is 16.5. The minimum atomic E-state index is -0.0388. The molecule has 1 fully saturated rings. The zero-order chi connectivity index (χ0) is 15.4. The van der Waals surface area contributed by atoms with Gasteiger partial charge in [0.25, 0.3) is 5.91 Å². The molecule has 1 saturated heterocycles. The van der Waals surface area contributed by atoms with Crippen LogP contribution in [-0.2, 0) is 12.8 Å². The first-order valence-corrected chi connectivity index (χ1v) is 7.90. The largest absolute Gasteiger partial charge is 0.351 e. The summed E-state index contributed by atoms with van der Waals surface area (Å²) in [6.07, 6.45) is 7.62.